The first-order valence-corrected chi connectivity index (χ1v) is 4.81. The lowest BCUT2D eigenvalue weighted by molar-refractivity contribution is 0.0685. The number of carboxylic acids is 1. The topological polar surface area (TPSA) is 66.0 Å². The number of nitrogens with one attached hydrogen (secondary N) is 1. The minimum absolute atomic E-state index is 0.00176. The van der Waals surface area contributed by atoms with Crippen LogP contribution in [-0.2, 0) is 0 Å². The van der Waals surface area contributed by atoms with Crippen LogP contribution in [-0.4, -0.2) is 21.0 Å². The molecule has 0 aliphatic rings. The van der Waals surface area contributed by atoms with Crippen molar-refractivity contribution in [3.8, 4) is 0 Å². The molecule has 0 spiro atoms. The van der Waals surface area contributed by atoms with Crippen LogP contribution in [0.4, 0.5) is 0 Å². The summed E-state index contributed by atoms with van der Waals surface area (Å²) in [7, 11) is 0. The zero-order valence-corrected chi connectivity index (χ0v) is 8.61. The van der Waals surface area contributed by atoms with Crippen LogP contribution < -0.4 is 0 Å². The first-order chi connectivity index (χ1) is 7.09. The number of rotatable bonds is 2. The summed E-state index contributed by atoms with van der Waals surface area (Å²) in [6.07, 6.45) is 0. The maximum Gasteiger partial charge on any atom is 0.371 e. The predicted molar refractivity (Wildman–Crippen MR) is 57.1 cm³/mol. The molecule has 0 amide bonds. The van der Waals surface area contributed by atoms with E-state index in [0.717, 1.165) is 16.6 Å². The van der Waals surface area contributed by atoms with Crippen molar-refractivity contribution in [2.45, 2.75) is 19.8 Å². The molecule has 0 saturated carbocycles. The van der Waals surface area contributed by atoms with E-state index in [1.807, 2.05) is 18.2 Å². The van der Waals surface area contributed by atoms with Gasteiger partial charge in [-0.3, -0.25) is 0 Å². The number of benzene rings is 1. The van der Waals surface area contributed by atoms with E-state index in [2.05, 4.69) is 23.8 Å². The molecule has 2 aromatic rings. The molecule has 1 heterocycles. The Labute approximate surface area is 87.0 Å². The van der Waals surface area contributed by atoms with Gasteiger partial charge in [0.1, 0.15) is 0 Å². The number of aromatic nitrogens is 2. The molecule has 15 heavy (non-hydrogen) atoms. The van der Waals surface area contributed by atoms with E-state index in [1.165, 1.54) is 0 Å². The zero-order valence-electron chi connectivity index (χ0n) is 8.61. The molecule has 0 aliphatic carbocycles. The van der Waals surface area contributed by atoms with Gasteiger partial charge in [0.25, 0.3) is 0 Å². The zero-order chi connectivity index (χ0) is 11.0. The second-order valence-corrected chi connectivity index (χ2v) is 3.79. The Hall–Kier alpha value is -1.84. The van der Waals surface area contributed by atoms with Crippen molar-refractivity contribution in [2.24, 2.45) is 0 Å². The Kier molecular flexibility index (Phi) is 2.19. The van der Waals surface area contributed by atoms with Crippen molar-refractivity contribution in [1.82, 2.24) is 9.97 Å². The number of carboxylic acid groups (broad SMARTS) is 1. The van der Waals surface area contributed by atoms with E-state index in [0.29, 0.717) is 5.92 Å². The smallest absolute Gasteiger partial charge is 0.371 e. The van der Waals surface area contributed by atoms with Crippen LogP contribution in [0.3, 0.4) is 0 Å². The molecule has 0 bridgehead atoms. The summed E-state index contributed by atoms with van der Waals surface area (Å²) in [4.78, 5) is 17.6. The second kappa shape index (κ2) is 3.38. The lowest BCUT2D eigenvalue weighted by Crippen LogP contribution is -1.98. The second-order valence-electron chi connectivity index (χ2n) is 3.79. The SMILES string of the molecule is CC(C)c1cccc2[nH]c(C(=O)O)nc12. The number of aromatic amines is 1. The van der Waals surface area contributed by atoms with Crippen LogP contribution in [0.15, 0.2) is 18.2 Å². The number of carbonyl (C=O) groups is 1. The number of imidazole rings is 1. The van der Waals surface area contributed by atoms with Gasteiger partial charge in [0.05, 0.1) is 11.0 Å². The van der Waals surface area contributed by atoms with Crippen LogP contribution >= 0.6 is 0 Å². The first-order valence-electron chi connectivity index (χ1n) is 4.81. The fraction of sp³-hybridized carbons (Fsp3) is 0.273. The highest BCUT2D eigenvalue weighted by atomic mass is 16.4. The van der Waals surface area contributed by atoms with Gasteiger partial charge in [0, 0.05) is 0 Å². The minimum Gasteiger partial charge on any atom is -0.475 e. The lowest BCUT2D eigenvalue weighted by Gasteiger charge is -2.04. The molecule has 2 N–H and O–H groups in total. The highest BCUT2D eigenvalue weighted by Gasteiger charge is 2.13. The summed E-state index contributed by atoms with van der Waals surface area (Å²) in [5.74, 6) is -0.697. The Morgan fingerprint density at radius 1 is 1.47 bits per heavy atom. The van der Waals surface area contributed by atoms with Gasteiger partial charge in [0.2, 0.25) is 5.82 Å². The molecule has 4 nitrogen and oxygen atoms in total. The summed E-state index contributed by atoms with van der Waals surface area (Å²) in [6.45, 7) is 4.12. The Bertz CT molecular complexity index is 514. The molecule has 0 fully saturated rings. The fourth-order valence-corrected chi connectivity index (χ4v) is 1.62. The van der Waals surface area contributed by atoms with Gasteiger partial charge in [0.15, 0.2) is 0 Å². The number of para-hydroxylation sites is 1. The molecule has 0 atom stereocenters. The van der Waals surface area contributed by atoms with Gasteiger partial charge in [-0.1, -0.05) is 26.0 Å². The molecule has 0 saturated heterocycles. The van der Waals surface area contributed by atoms with E-state index >= 15 is 0 Å². The first kappa shape index (κ1) is 9.71. The molecule has 0 aliphatic heterocycles. The van der Waals surface area contributed by atoms with Gasteiger partial charge in [-0.15, -0.1) is 0 Å². The number of nitrogens with zero attached hydrogens (tertiary/aromatic N) is 1. The fourth-order valence-electron chi connectivity index (χ4n) is 1.62. The van der Waals surface area contributed by atoms with Crippen molar-refractivity contribution in [2.75, 3.05) is 0 Å². The summed E-state index contributed by atoms with van der Waals surface area (Å²) < 4.78 is 0. The van der Waals surface area contributed by atoms with E-state index in [9.17, 15) is 4.79 Å². The Balaban J connectivity index is 2.69. The van der Waals surface area contributed by atoms with E-state index in [-0.39, 0.29) is 5.82 Å². The van der Waals surface area contributed by atoms with Crippen LogP contribution in [0.25, 0.3) is 11.0 Å². The van der Waals surface area contributed by atoms with Crippen molar-refractivity contribution in [1.29, 1.82) is 0 Å². The monoisotopic (exact) mass is 204 g/mol. The largest absolute Gasteiger partial charge is 0.475 e. The number of fused-ring (bicyclic) bond motifs is 1. The third-order valence-electron chi connectivity index (χ3n) is 2.37. The third kappa shape index (κ3) is 1.58. The van der Waals surface area contributed by atoms with Crippen LogP contribution in [0.5, 0.6) is 0 Å². The van der Waals surface area contributed by atoms with Gasteiger partial charge in [-0.2, -0.15) is 0 Å². The number of H-pyrrole nitrogens is 1. The average Bonchev–Trinajstić information content (AvgIpc) is 2.60. The molecule has 4 heteroatoms. The van der Waals surface area contributed by atoms with Crippen LogP contribution in [0.1, 0.15) is 35.9 Å². The highest BCUT2D eigenvalue weighted by Crippen LogP contribution is 2.23. The van der Waals surface area contributed by atoms with Crippen molar-refractivity contribution >= 4 is 17.0 Å². The van der Waals surface area contributed by atoms with Crippen molar-refractivity contribution in [3.63, 3.8) is 0 Å². The quantitative estimate of drug-likeness (QED) is 0.789. The number of hydrogen-bond acceptors (Lipinski definition) is 2. The summed E-state index contributed by atoms with van der Waals surface area (Å²) >= 11 is 0. The third-order valence-corrected chi connectivity index (χ3v) is 2.37. The lowest BCUT2D eigenvalue weighted by atomic mass is 10.0. The number of hydrogen-bond donors (Lipinski definition) is 2. The minimum atomic E-state index is -1.03. The van der Waals surface area contributed by atoms with E-state index in [1.54, 1.807) is 0 Å². The molecule has 78 valence electrons. The average molecular weight is 204 g/mol. The predicted octanol–water partition coefficient (Wildman–Crippen LogP) is 2.38. The van der Waals surface area contributed by atoms with Gasteiger partial charge >= 0.3 is 5.97 Å². The van der Waals surface area contributed by atoms with Gasteiger partial charge in [-0.25, -0.2) is 9.78 Å². The normalized spacial score (nSPS) is 11.1. The van der Waals surface area contributed by atoms with Crippen LogP contribution in [0.2, 0.25) is 0 Å². The standard InChI is InChI=1S/C11H12N2O2/c1-6(2)7-4-3-5-8-9(7)13-10(12-8)11(14)15/h3-6H,1-2H3,(H,12,13)(H,14,15). The molecule has 0 unspecified atom stereocenters. The van der Waals surface area contributed by atoms with Crippen molar-refractivity contribution < 1.29 is 9.90 Å². The molecule has 1 aromatic carbocycles. The van der Waals surface area contributed by atoms with Gasteiger partial charge < -0.3 is 10.1 Å². The number of aromatic carboxylic acids is 1. The van der Waals surface area contributed by atoms with Gasteiger partial charge in [-0.05, 0) is 17.5 Å². The highest BCUT2D eigenvalue weighted by molar-refractivity contribution is 5.90. The Morgan fingerprint density at radius 2 is 2.20 bits per heavy atom. The summed E-state index contributed by atoms with van der Waals surface area (Å²) in [5, 5.41) is 8.82. The maximum absolute atomic E-state index is 10.8. The summed E-state index contributed by atoms with van der Waals surface area (Å²) in [6, 6.07) is 5.71. The molecule has 1 aromatic heterocycles. The maximum atomic E-state index is 10.8. The molecular weight excluding hydrogens is 192 g/mol. The van der Waals surface area contributed by atoms with E-state index < -0.39 is 5.97 Å². The Morgan fingerprint density at radius 3 is 2.80 bits per heavy atom. The van der Waals surface area contributed by atoms with E-state index in [4.69, 9.17) is 5.11 Å². The molecular formula is C11H12N2O2. The van der Waals surface area contributed by atoms with Crippen LogP contribution in [0, 0.1) is 0 Å². The molecule has 2 rings (SSSR count). The summed E-state index contributed by atoms with van der Waals surface area (Å²) in [5.41, 5.74) is 2.60. The molecule has 0 radical (unpaired) electrons. The van der Waals surface area contributed by atoms with Crippen molar-refractivity contribution in [3.05, 3.63) is 29.6 Å².